The molecule has 2 heterocycles. The van der Waals surface area contributed by atoms with Crippen molar-refractivity contribution in [3.8, 4) is 10.4 Å². The molecule has 1 fully saturated rings. The number of cyclic esters (lactones) is 1. The molecule has 1 atom stereocenters. The van der Waals surface area contributed by atoms with Gasteiger partial charge >= 0.3 is 129 Å². The average molecular weight is 351 g/mol. The van der Waals surface area contributed by atoms with Gasteiger partial charge in [-0.25, -0.2) is 0 Å². The Kier molecular flexibility index (Phi) is 3.81. The monoisotopic (exact) mass is 351 g/mol. The molecule has 20 heavy (non-hydrogen) atoms. The number of rotatable bonds is 3. The van der Waals surface area contributed by atoms with Crippen molar-refractivity contribution in [3.63, 3.8) is 0 Å². The van der Waals surface area contributed by atoms with E-state index >= 15 is 0 Å². The molecule has 2 radical (unpaired) electrons. The van der Waals surface area contributed by atoms with Crippen LogP contribution in [0.2, 0.25) is 5.21 Å². The summed E-state index contributed by atoms with van der Waals surface area (Å²) in [7, 11) is 0. The molecule has 1 aliphatic heterocycles. The summed E-state index contributed by atoms with van der Waals surface area (Å²) in [5.41, 5.74) is 1.09. The Morgan fingerprint density at radius 1 is 1.45 bits per heavy atom. The van der Waals surface area contributed by atoms with E-state index in [0.717, 1.165) is 4.88 Å². The first kappa shape index (κ1) is 13.7. The number of halogens is 1. The molecule has 102 valence electrons. The second kappa shape index (κ2) is 5.58. The number of thiophene rings is 1. The van der Waals surface area contributed by atoms with Crippen LogP contribution in [0.5, 0.6) is 0 Å². The molecular weight excluding hydrogens is 340 g/mol. The molecule has 0 aliphatic carbocycles. The maximum absolute atomic E-state index is 14.2. The van der Waals surface area contributed by atoms with Gasteiger partial charge in [-0.15, -0.1) is 0 Å². The van der Waals surface area contributed by atoms with Crippen molar-refractivity contribution in [2.75, 3.05) is 11.4 Å². The van der Waals surface area contributed by atoms with Gasteiger partial charge < -0.3 is 0 Å². The molecule has 2 aromatic rings. The van der Waals surface area contributed by atoms with Gasteiger partial charge in [0.1, 0.15) is 0 Å². The number of benzene rings is 1. The molecule has 1 aromatic carbocycles. The van der Waals surface area contributed by atoms with Crippen LogP contribution in [0.3, 0.4) is 0 Å². The van der Waals surface area contributed by atoms with E-state index in [4.69, 9.17) is 4.74 Å². The predicted octanol–water partition coefficient (Wildman–Crippen LogP) is 3.47. The molecule has 1 saturated heterocycles. The van der Waals surface area contributed by atoms with Crippen LogP contribution < -0.4 is 4.90 Å². The number of anilines is 1. The molecule has 1 amide bonds. The summed E-state index contributed by atoms with van der Waals surface area (Å²) in [6, 6.07) is 8.61. The van der Waals surface area contributed by atoms with Gasteiger partial charge in [0.05, 0.1) is 0 Å². The second-order valence-electron chi connectivity index (χ2n) is 4.44. The molecule has 0 saturated carbocycles. The van der Waals surface area contributed by atoms with Crippen molar-refractivity contribution in [1.82, 2.24) is 0 Å². The fourth-order valence-corrected chi connectivity index (χ4v) is 3.28. The summed E-state index contributed by atoms with van der Waals surface area (Å²) in [6.45, 7) is 0.464. The first-order valence-electron chi connectivity index (χ1n) is 6.11. The number of amides is 1. The molecule has 1 unspecified atom stereocenters. The van der Waals surface area contributed by atoms with Crippen molar-refractivity contribution in [1.29, 1.82) is 0 Å². The average Bonchev–Trinajstić information content (AvgIpc) is 3.07. The van der Waals surface area contributed by atoms with E-state index in [1.165, 1.54) is 22.3 Å². The third-order valence-corrected chi connectivity index (χ3v) is 4.89. The van der Waals surface area contributed by atoms with E-state index < -0.39 is 6.09 Å². The number of nitrogens with zero attached hydrogens (tertiary/aromatic N) is 1. The third-order valence-electron chi connectivity index (χ3n) is 3.13. The number of carbonyl (C=O) groups is 1. The van der Waals surface area contributed by atoms with Gasteiger partial charge in [-0.2, -0.15) is 0 Å². The Hall–Kier alpha value is -1.32. The van der Waals surface area contributed by atoms with Crippen molar-refractivity contribution in [2.24, 2.45) is 0 Å². The molecule has 1 aliphatic rings. The van der Waals surface area contributed by atoms with Crippen LogP contribution >= 0.6 is 11.3 Å². The Morgan fingerprint density at radius 2 is 2.30 bits per heavy atom. The molecule has 0 spiro atoms. The minimum absolute atomic E-state index is 0.137. The first-order chi connectivity index (χ1) is 9.69. The van der Waals surface area contributed by atoms with Crippen LogP contribution in [0.25, 0.3) is 10.4 Å². The van der Waals surface area contributed by atoms with E-state index in [2.05, 4.69) is 16.9 Å². The standard InChI is InChI=1S/C14H11AsFNO2S/c15-7-10-8-17(14(18)19-10)9-3-4-11(12(16)6-9)13-2-1-5-20-13/h1-6,10H,7-8H2. The van der Waals surface area contributed by atoms with Crippen LogP contribution in [0.4, 0.5) is 14.9 Å². The predicted molar refractivity (Wildman–Crippen MR) is 77.9 cm³/mol. The summed E-state index contributed by atoms with van der Waals surface area (Å²) < 4.78 is 19.4. The minimum atomic E-state index is -0.413. The van der Waals surface area contributed by atoms with E-state index in [0.29, 0.717) is 23.0 Å². The van der Waals surface area contributed by atoms with Crippen molar-refractivity contribution in [3.05, 3.63) is 41.5 Å². The van der Waals surface area contributed by atoms with Gasteiger partial charge in [0, 0.05) is 0 Å². The van der Waals surface area contributed by atoms with Crippen LogP contribution in [0.15, 0.2) is 35.7 Å². The summed E-state index contributed by atoms with van der Waals surface area (Å²) in [4.78, 5) is 14.1. The topological polar surface area (TPSA) is 29.5 Å². The van der Waals surface area contributed by atoms with Gasteiger partial charge in [0.25, 0.3) is 0 Å². The summed E-state index contributed by atoms with van der Waals surface area (Å²) >= 11 is 3.89. The molecule has 1 aromatic heterocycles. The van der Waals surface area contributed by atoms with Crippen molar-refractivity contribution < 1.29 is 13.9 Å². The van der Waals surface area contributed by atoms with Crippen LogP contribution in [0, 0.1) is 5.82 Å². The molecule has 3 nitrogen and oxygen atoms in total. The van der Waals surface area contributed by atoms with Gasteiger partial charge in [-0.3, -0.25) is 0 Å². The summed E-state index contributed by atoms with van der Waals surface area (Å²) in [5.74, 6) is -0.325. The first-order valence-corrected chi connectivity index (χ1v) is 8.32. The van der Waals surface area contributed by atoms with E-state index in [1.807, 2.05) is 17.5 Å². The van der Waals surface area contributed by atoms with Gasteiger partial charge in [-0.1, -0.05) is 0 Å². The SMILES string of the molecule is O=C1OC(C[As])CN1c1ccc(-c2cccs2)c(F)c1. The molecular formula is C14H11AsFNO2S. The van der Waals surface area contributed by atoms with Gasteiger partial charge in [-0.05, 0) is 0 Å². The van der Waals surface area contributed by atoms with Crippen LogP contribution in [-0.2, 0) is 4.74 Å². The fraction of sp³-hybridized carbons (Fsp3) is 0.214. The van der Waals surface area contributed by atoms with Gasteiger partial charge in [0.2, 0.25) is 0 Å². The Balaban J connectivity index is 1.89. The molecule has 6 heteroatoms. The van der Waals surface area contributed by atoms with Gasteiger partial charge in [0.15, 0.2) is 0 Å². The van der Waals surface area contributed by atoms with E-state index in [-0.39, 0.29) is 11.9 Å². The third kappa shape index (κ3) is 2.48. The zero-order chi connectivity index (χ0) is 14.1. The van der Waals surface area contributed by atoms with E-state index in [1.54, 1.807) is 12.1 Å². The number of ether oxygens (including phenoxy) is 1. The van der Waals surface area contributed by atoms with Crippen LogP contribution in [0.1, 0.15) is 0 Å². The fourth-order valence-electron chi connectivity index (χ4n) is 2.13. The Bertz CT molecular complexity index is 632. The number of carbonyl (C=O) groups excluding carboxylic acids is 1. The zero-order valence-corrected chi connectivity index (χ0v) is 13.1. The summed E-state index contributed by atoms with van der Waals surface area (Å²) in [5, 5.41) is 2.61. The molecule has 3 rings (SSSR count). The quantitative estimate of drug-likeness (QED) is 0.793. The van der Waals surface area contributed by atoms with Crippen LogP contribution in [-0.4, -0.2) is 35.6 Å². The number of hydrogen-bond acceptors (Lipinski definition) is 3. The zero-order valence-electron chi connectivity index (χ0n) is 10.5. The summed E-state index contributed by atoms with van der Waals surface area (Å²) in [6.07, 6.45) is -0.549. The van der Waals surface area contributed by atoms with Crippen molar-refractivity contribution in [2.45, 2.75) is 11.3 Å². The second-order valence-corrected chi connectivity index (χ2v) is 6.15. The van der Waals surface area contributed by atoms with E-state index in [9.17, 15) is 9.18 Å². The van der Waals surface area contributed by atoms with Crippen molar-refractivity contribution >= 4 is 40.0 Å². The maximum atomic E-state index is 14.2. The molecule has 0 N–H and O–H groups in total. The Labute approximate surface area is 128 Å². The normalized spacial score (nSPS) is 18.4. The Morgan fingerprint density at radius 3 is 2.90 bits per heavy atom. The number of hydrogen-bond donors (Lipinski definition) is 0. The molecule has 0 bridgehead atoms.